The third-order valence-corrected chi connectivity index (χ3v) is 6.38. The SMILES string of the molecule is Cc1oc(C)c(S(=O)(=O)N2CCC(N(C)C)CC2)c1CN. The van der Waals surface area contributed by atoms with Gasteiger partial charge in [0.05, 0.1) is 0 Å². The maximum absolute atomic E-state index is 12.9. The Balaban J connectivity index is 2.28. The van der Waals surface area contributed by atoms with Crippen LogP contribution in [0, 0.1) is 13.8 Å². The van der Waals surface area contributed by atoms with E-state index >= 15 is 0 Å². The Hall–Kier alpha value is -0.890. The molecular weight excluding hydrogens is 290 g/mol. The highest BCUT2D eigenvalue weighted by atomic mass is 32.2. The lowest BCUT2D eigenvalue weighted by molar-refractivity contribution is 0.196. The van der Waals surface area contributed by atoms with E-state index in [1.807, 2.05) is 14.1 Å². The van der Waals surface area contributed by atoms with Crippen molar-refractivity contribution in [1.29, 1.82) is 0 Å². The first-order valence-electron chi connectivity index (χ1n) is 7.24. The lowest BCUT2D eigenvalue weighted by Crippen LogP contribution is -2.44. The zero-order valence-corrected chi connectivity index (χ0v) is 14.0. The van der Waals surface area contributed by atoms with Crippen LogP contribution in [0.3, 0.4) is 0 Å². The zero-order valence-electron chi connectivity index (χ0n) is 13.2. The molecule has 1 aromatic heterocycles. The Bertz CT molecular complexity index is 599. The van der Waals surface area contributed by atoms with Crippen molar-refractivity contribution >= 4 is 10.0 Å². The molecular formula is C14H25N3O3S. The highest BCUT2D eigenvalue weighted by molar-refractivity contribution is 7.89. The molecule has 0 atom stereocenters. The van der Waals surface area contributed by atoms with E-state index in [1.54, 1.807) is 18.2 Å². The molecule has 0 radical (unpaired) electrons. The van der Waals surface area contributed by atoms with E-state index in [-0.39, 0.29) is 11.4 Å². The molecule has 0 aliphatic carbocycles. The average Bonchev–Trinajstić information content (AvgIpc) is 2.73. The molecule has 6 nitrogen and oxygen atoms in total. The predicted octanol–water partition coefficient (Wildman–Crippen LogP) is 1.07. The van der Waals surface area contributed by atoms with Gasteiger partial charge in [0.15, 0.2) is 0 Å². The molecule has 2 N–H and O–H groups in total. The van der Waals surface area contributed by atoms with E-state index < -0.39 is 10.0 Å². The van der Waals surface area contributed by atoms with Crippen LogP contribution in [-0.2, 0) is 16.6 Å². The number of hydrogen-bond donors (Lipinski definition) is 1. The summed E-state index contributed by atoms with van der Waals surface area (Å²) in [6.07, 6.45) is 1.69. The van der Waals surface area contributed by atoms with Crippen molar-refractivity contribution in [3.8, 4) is 0 Å². The number of sulfonamides is 1. The number of aryl methyl sites for hydroxylation is 2. The molecule has 2 rings (SSSR count). The molecule has 7 heteroatoms. The van der Waals surface area contributed by atoms with Crippen LogP contribution in [0.5, 0.6) is 0 Å². The smallest absolute Gasteiger partial charge is 0.246 e. The Labute approximate surface area is 126 Å². The van der Waals surface area contributed by atoms with Gasteiger partial charge in [-0.25, -0.2) is 8.42 Å². The van der Waals surface area contributed by atoms with Gasteiger partial charge in [0, 0.05) is 31.2 Å². The van der Waals surface area contributed by atoms with Crippen molar-refractivity contribution in [3.05, 3.63) is 17.1 Å². The van der Waals surface area contributed by atoms with Crippen LogP contribution >= 0.6 is 0 Å². The van der Waals surface area contributed by atoms with E-state index in [4.69, 9.17) is 10.2 Å². The fraction of sp³-hybridized carbons (Fsp3) is 0.714. The van der Waals surface area contributed by atoms with Crippen LogP contribution < -0.4 is 5.73 Å². The van der Waals surface area contributed by atoms with Crippen LogP contribution in [0.4, 0.5) is 0 Å². The Morgan fingerprint density at radius 1 is 1.24 bits per heavy atom. The van der Waals surface area contributed by atoms with E-state index in [2.05, 4.69) is 4.90 Å². The van der Waals surface area contributed by atoms with Crippen LogP contribution in [0.15, 0.2) is 9.31 Å². The Kier molecular flexibility index (Phi) is 4.77. The van der Waals surface area contributed by atoms with Crippen molar-refractivity contribution < 1.29 is 12.8 Å². The molecule has 1 saturated heterocycles. The van der Waals surface area contributed by atoms with E-state index in [0.29, 0.717) is 36.2 Å². The normalized spacial score (nSPS) is 18.6. The maximum atomic E-state index is 12.9. The molecule has 21 heavy (non-hydrogen) atoms. The van der Waals surface area contributed by atoms with Crippen molar-refractivity contribution in [2.24, 2.45) is 5.73 Å². The maximum Gasteiger partial charge on any atom is 0.246 e. The van der Waals surface area contributed by atoms with Gasteiger partial charge in [-0.05, 0) is 40.8 Å². The Morgan fingerprint density at radius 2 is 1.81 bits per heavy atom. The molecule has 120 valence electrons. The summed E-state index contributed by atoms with van der Waals surface area (Å²) in [5, 5.41) is 0. The van der Waals surface area contributed by atoms with Crippen LogP contribution in [0.25, 0.3) is 0 Å². The summed E-state index contributed by atoms with van der Waals surface area (Å²) >= 11 is 0. The van der Waals surface area contributed by atoms with Crippen LogP contribution in [0.1, 0.15) is 29.9 Å². The van der Waals surface area contributed by atoms with Crippen molar-refractivity contribution in [2.45, 2.75) is 44.2 Å². The van der Waals surface area contributed by atoms with Crippen LogP contribution in [-0.4, -0.2) is 50.8 Å². The second-order valence-corrected chi connectivity index (χ2v) is 7.70. The number of nitrogens with zero attached hydrogens (tertiary/aromatic N) is 2. The fourth-order valence-electron chi connectivity index (χ4n) is 3.01. The number of rotatable bonds is 4. The van der Waals surface area contributed by atoms with Crippen molar-refractivity contribution in [2.75, 3.05) is 27.2 Å². The van der Waals surface area contributed by atoms with Gasteiger partial charge in [0.1, 0.15) is 16.4 Å². The number of nitrogens with two attached hydrogens (primary N) is 1. The zero-order chi connectivity index (χ0) is 15.8. The second-order valence-electron chi connectivity index (χ2n) is 5.83. The molecule has 1 aliphatic rings. The van der Waals surface area contributed by atoms with Gasteiger partial charge >= 0.3 is 0 Å². The molecule has 1 aliphatic heterocycles. The van der Waals surface area contributed by atoms with Gasteiger partial charge in [-0.2, -0.15) is 4.31 Å². The average molecular weight is 315 g/mol. The highest BCUT2D eigenvalue weighted by Gasteiger charge is 2.34. The van der Waals surface area contributed by atoms with Crippen LogP contribution in [0.2, 0.25) is 0 Å². The lowest BCUT2D eigenvalue weighted by atomic mass is 10.1. The van der Waals surface area contributed by atoms with Gasteiger partial charge in [-0.1, -0.05) is 0 Å². The summed E-state index contributed by atoms with van der Waals surface area (Å²) in [6, 6.07) is 0.442. The molecule has 0 amide bonds. The van der Waals surface area contributed by atoms with E-state index in [9.17, 15) is 8.42 Å². The standard InChI is InChI=1S/C14H25N3O3S/c1-10-13(9-15)14(11(2)20-10)21(18,19)17-7-5-12(6-8-17)16(3)4/h12H,5-9,15H2,1-4H3. The Morgan fingerprint density at radius 3 is 2.29 bits per heavy atom. The first kappa shape index (κ1) is 16.5. The van der Waals surface area contributed by atoms with Crippen molar-refractivity contribution in [1.82, 2.24) is 9.21 Å². The van der Waals surface area contributed by atoms with Gasteiger partial charge in [-0.3, -0.25) is 0 Å². The molecule has 1 fully saturated rings. The topological polar surface area (TPSA) is 79.8 Å². The summed E-state index contributed by atoms with van der Waals surface area (Å²) in [7, 11) is 0.543. The monoisotopic (exact) mass is 315 g/mol. The summed E-state index contributed by atoms with van der Waals surface area (Å²) in [6.45, 7) is 4.70. The largest absolute Gasteiger partial charge is 0.465 e. The molecule has 0 saturated carbocycles. The van der Waals surface area contributed by atoms with Gasteiger partial charge in [0.25, 0.3) is 0 Å². The summed E-state index contributed by atoms with van der Waals surface area (Å²) < 4.78 is 32.8. The van der Waals surface area contributed by atoms with Gasteiger partial charge < -0.3 is 15.1 Å². The van der Waals surface area contributed by atoms with Gasteiger partial charge in [-0.15, -0.1) is 0 Å². The molecule has 0 unspecified atom stereocenters. The van der Waals surface area contributed by atoms with E-state index in [1.165, 1.54) is 0 Å². The van der Waals surface area contributed by atoms with Crippen molar-refractivity contribution in [3.63, 3.8) is 0 Å². The number of hydrogen-bond acceptors (Lipinski definition) is 5. The minimum atomic E-state index is -3.52. The predicted molar refractivity (Wildman–Crippen MR) is 81.5 cm³/mol. The molecule has 0 spiro atoms. The first-order valence-corrected chi connectivity index (χ1v) is 8.68. The first-order chi connectivity index (χ1) is 9.78. The minimum absolute atomic E-state index is 0.173. The summed E-state index contributed by atoms with van der Waals surface area (Å²) in [5.74, 6) is 1.03. The number of piperidine rings is 1. The fourth-order valence-corrected chi connectivity index (χ4v) is 4.90. The third-order valence-electron chi connectivity index (χ3n) is 4.28. The number of furan rings is 1. The minimum Gasteiger partial charge on any atom is -0.465 e. The summed E-state index contributed by atoms with van der Waals surface area (Å²) in [4.78, 5) is 2.42. The summed E-state index contributed by atoms with van der Waals surface area (Å²) in [5.41, 5.74) is 6.30. The molecule has 2 heterocycles. The lowest BCUT2D eigenvalue weighted by Gasteiger charge is -2.34. The molecule has 1 aromatic rings. The molecule has 0 aromatic carbocycles. The molecule has 0 bridgehead atoms. The quantitative estimate of drug-likeness (QED) is 0.899. The highest BCUT2D eigenvalue weighted by Crippen LogP contribution is 2.30. The third kappa shape index (κ3) is 3.01. The second kappa shape index (κ2) is 6.08. The van der Waals surface area contributed by atoms with E-state index in [0.717, 1.165) is 12.8 Å². The van der Waals surface area contributed by atoms with Gasteiger partial charge in [0.2, 0.25) is 10.0 Å².